The maximum absolute atomic E-state index is 13.3. The standard InChI is InChI=1S/C10H10BrFO2/c1-6-3-7(5-11)9(12)4-8(6)10(13)14-2/h3-4H,5H2,1-2H3. The molecule has 0 radical (unpaired) electrons. The number of ether oxygens (including phenoxy) is 1. The highest BCUT2D eigenvalue weighted by atomic mass is 79.9. The van der Waals surface area contributed by atoms with Gasteiger partial charge in [-0.2, -0.15) is 0 Å². The summed E-state index contributed by atoms with van der Waals surface area (Å²) in [6.45, 7) is 1.75. The second-order valence-corrected chi connectivity index (χ2v) is 3.44. The van der Waals surface area contributed by atoms with Crippen LogP contribution < -0.4 is 0 Å². The van der Waals surface area contributed by atoms with Crippen LogP contribution in [0.5, 0.6) is 0 Å². The van der Waals surface area contributed by atoms with Crippen LogP contribution in [-0.2, 0) is 10.1 Å². The second kappa shape index (κ2) is 4.55. The molecule has 1 aromatic carbocycles. The minimum Gasteiger partial charge on any atom is -0.465 e. The van der Waals surface area contributed by atoms with Gasteiger partial charge in [0.2, 0.25) is 0 Å². The van der Waals surface area contributed by atoms with E-state index < -0.39 is 11.8 Å². The van der Waals surface area contributed by atoms with E-state index in [1.54, 1.807) is 13.0 Å². The average molecular weight is 261 g/mol. The van der Waals surface area contributed by atoms with Crippen LogP contribution in [-0.4, -0.2) is 13.1 Å². The number of esters is 1. The summed E-state index contributed by atoms with van der Waals surface area (Å²) < 4.78 is 17.8. The van der Waals surface area contributed by atoms with Crippen molar-refractivity contribution in [3.05, 3.63) is 34.6 Å². The van der Waals surface area contributed by atoms with Gasteiger partial charge in [0, 0.05) is 5.33 Å². The Hall–Kier alpha value is -0.900. The molecule has 0 fully saturated rings. The zero-order valence-electron chi connectivity index (χ0n) is 7.93. The first-order chi connectivity index (χ1) is 6.60. The van der Waals surface area contributed by atoms with E-state index in [1.807, 2.05) is 0 Å². The van der Waals surface area contributed by atoms with Crippen molar-refractivity contribution < 1.29 is 13.9 Å². The van der Waals surface area contributed by atoms with Gasteiger partial charge < -0.3 is 4.74 Å². The van der Waals surface area contributed by atoms with E-state index in [-0.39, 0.29) is 5.56 Å². The summed E-state index contributed by atoms with van der Waals surface area (Å²) in [5.41, 5.74) is 1.53. The minimum absolute atomic E-state index is 0.273. The Morgan fingerprint density at radius 1 is 1.57 bits per heavy atom. The van der Waals surface area contributed by atoms with E-state index in [1.165, 1.54) is 13.2 Å². The monoisotopic (exact) mass is 260 g/mol. The van der Waals surface area contributed by atoms with Gasteiger partial charge in [-0.3, -0.25) is 0 Å². The Bertz CT molecular complexity index is 363. The van der Waals surface area contributed by atoms with Crippen LogP contribution in [0.3, 0.4) is 0 Å². The van der Waals surface area contributed by atoms with Gasteiger partial charge in [0.25, 0.3) is 0 Å². The van der Waals surface area contributed by atoms with Crippen molar-refractivity contribution in [2.45, 2.75) is 12.3 Å². The third-order valence-electron chi connectivity index (χ3n) is 1.94. The van der Waals surface area contributed by atoms with Crippen molar-refractivity contribution in [1.29, 1.82) is 0 Å². The van der Waals surface area contributed by atoms with E-state index in [9.17, 15) is 9.18 Å². The smallest absolute Gasteiger partial charge is 0.338 e. The minimum atomic E-state index is -0.512. The Morgan fingerprint density at radius 3 is 2.71 bits per heavy atom. The molecule has 14 heavy (non-hydrogen) atoms. The van der Waals surface area contributed by atoms with E-state index in [2.05, 4.69) is 20.7 Å². The molecule has 0 atom stereocenters. The quantitative estimate of drug-likeness (QED) is 0.604. The zero-order valence-corrected chi connectivity index (χ0v) is 9.52. The van der Waals surface area contributed by atoms with Gasteiger partial charge in [0.1, 0.15) is 5.82 Å². The SMILES string of the molecule is COC(=O)c1cc(F)c(CBr)cc1C. The molecule has 4 heteroatoms. The molecule has 0 aliphatic heterocycles. The first kappa shape index (κ1) is 11.2. The molecular formula is C10H10BrFO2. The van der Waals surface area contributed by atoms with E-state index in [0.29, 0.717) is 16.5 Å². The Kier molecular flexibility index (Phi) is 3.63. The highest BCUT2D eigenvalue weighted by Gasteiger charge is 2.12. The van der Waals surface area contributed by atoms with Gasteiger partial charge in [0.15, 0.2) is 0 Å². The van der Waals surface area contributed by atoms with Crippen LogP contribution in [0.4, 0.5) is 4.39 Å². The fraction of sp³-hybridized carbons (Fsp3) is 0.300. The topological polar surface area (TPSA) is 26.3 Å². The lowest BCUT2D eigenvalue weighted by Gasteiger charge is -2.06. The molecule has 0 aliphatic rings. The Morgan fingerprint density at radius 2 is 2.21 bits per heavy atom. The molecule has 0 bridgehead atoms. The molecule has 0 saturated carbocycles. The molecule has 76 valence electrons. The first-order valence-corrected chi connectivity index (χ1v) is 5.15. The van der Waals surface area contributed by atoms with Gasteiger partial charge >= 0.3 is 5.97 Å². The summed E-state index contributed by atoms with van der Waals surface area (Å²) in [7, 11) is 1.28. The van der Waals surface area contributed by atoms with Gasteiger partial charge in [-0.1, -0.05) is 22.0 Å². The lowest BCUT2D eigenvalue weighted by Crippen LogP contribution is -2.05. The van der Waals surface area contributed by atoms with Gasteiger partial charge in [0.05, 0.1) is 12.7 Å². The molecule has 0 N–H and O–H groups in total. The number of halogens is 2. The van der Waals surface area contributed by atoms with Crippen LogP contribution in [0.1, 0.15) is 21.5 Å². The summed E-state index contributed by atoms with van der Waals surface area (Å²) >= 11 is 3.16. The van der Waals surface area contributed by atoms with Crippen LogP contribution in [0.25, 0.3) is 0 Å². The lowest BCUT2D eigenvalue weighted by molar-refractivity contribution is 0.0599. The van der Waals surface area contributed by atoms with E-state index in [0.717, 1.165) is 0 Å². The van der Waals surface area contributed by atoms with Crippen molar-refractivity contribution in [3.63, 3.8) is 0 Å². The summed E-state index contributed by atoms with van der Waals surface area (Å²) in [6, 6.07) is 2.84. The number of rotatable bonds is 2. The Labute approximate surface area is 90.2 Å². The third-order valence-corrected chi connectivity index (χ3v) is 2.55. The number of benzene rings is 1. The van der Waals surface area contributed by atoms with Gasteiger partial charge in [-0.05, 0) is 24.1 Å². The van der Waals surface area contributed by atoms with Crippen molar-refractivity contribution in [2.24, 2.45) is 0 Å². The second-order valence-electron chi connectivity index (χ2n) is 2.88. The van der Waals surface area contributed by atoms with Crippen LogP contribution in [0, 0.1) is 12.7 Å². The van der Waals surface area contributed by atoms with Crippen molar-refractivity contribution in [3.8, 4) is 0 Å². The number of carbonyl (C=O) groups is 1. The normalized spacial score (nSPS) is 10.0. The molecular weight excluding hydrogens is 251 g/mol. The van der Waals surface area contributed by atoms with Gasteiger partial charge in [-0.15, -0.1) is 0 Å². The first-order valence-electron chi connectivity index (χ1n) is 4.03. The van der Waals surface area contributed by atoms with Crippen LogP contribution in [0.15, 0.2) is 12.1 Å². The highest BCUT2D eigenvalue weighted by Crippen LogP contribution is 2.18. The molecule has 0 saturated heterocycles. The number of carbonyl (C=O) groups excluding carboxylic acids is 1. The zero-order chi connectivity index (χ0) is 10.7. The van der Waals surface area contributed by atoms with Crippen molar-refractivity contribution >= 4 is 21.9 Å². The third kappa shape index (κ3) is 2.12. The molecule has 0 heterocycles. The number of hydrogen-bond donors (Lipinski definition) is 0. The van der Waals surface area contributed by atoms with Crippen molar-refractivity contribution in [1.82, 2.24) is 0 Å². The molecule has 1 rings (SSSR count). The van der Waals surface area contributed by atoms with Crippen LogP contribution in [0.2, 0.25) is 0 Å². The molecule has 0 spiro atoms. The summed E-state index contributed by atoms with van der Waals surface area (Å²) in [5, 5.41) is 0.432. The molecule has 0 unspecified atom stereocenters. The molecule has 1 aromatic rings. The maximum atomic E-state index is 13.3. The summed E-state index contributed by atoms with van der Waals surface area (Å²) in [6.07, 6.45) is 0. The van der Waals surface area contributed by atoms with Gasteiger partial charge in [-0.25, -0.2) is 9.18 Å². The summed E-state index contributed by atoms with van der Waals surface area (Å²) in [5.74, 6) is -0.907. The predicted molar refractivity (Wildman–Crippen MR) is 55.1 cm³/mol. The molecule has 2 nitrogen and oxygen atoms in total. The van der Waals surface area contributed by atoms with Crippen molar-refractivity contribution in [2.75, 3.05) is 7.11 Å². The summed E-state index contributed by atoms with van der Waals surface area (Å²) in [4.78, 5) is 11.2. The maximum Gasteiger partial charge on any atom is 0.338 e. The largest absolute Gasteiger partial charge is 0.465 e. The molecule has 0 aromatic heterocycles. The number of aryl methyl sites for hydroxylation is 1. The average Bonchev–Trinajstić information content (AvgIpc) is 2.19. The van der Waals surface area contributed by atoms with Crippen LogP contribution >= 0.6 is 15.9 Å². The van der Waals surface area contributed by atoms with E-state index in [4.69, 9.17) is 0 Å². The fourth-order valence-corrected chi connectivity index (χ4v) is 1.60. The van der Waals surface area contributed by atoms with E-state index >= 15 is 0 Å². The lowest BCUT2D eigenvalue weighted by atomic mass is 10.1. The molecule has 0 amide bonds. The Balaban J connectivity index is 3.21. The number of hydrogen-bond acceptors (Lipinski definition) is 2. The predicted octanol–water partition coefficient (Wildman–Crippen LogP) is 2.82. The fourth-order valence-electron chi connectivity index (χ4n) is 1.17. The highest BCUT2D eigenvalue weighted by molar-refractivity contribution is 9.08. The number of methoxy groups -OCH3 is 1. The molecule has 0 aliphatic carbocycles. The number of alkyl halides is 1.